The molecule has 2 nitrogen and oxygen atoms in total. The maximum atomic E-state index is 11.1. The summed E-state index contributed by atoms with van der Waals surface area (Å²) in [6.45, 7) is 0. The van der Waals surface area contributed by atoms with E-state index in [0.29, 0.717) is 5.92 Å². The van der Waals surface area contributed by atoms with Gasteiger partial charge in [0.2, 0.25) is 0 Å². The van der Waals surface area contributed by atoms with Crippen LogP contribution in [-0.4, -0.2) is 5.11 Å². The van der Waals surface area contributed by atoms with Crippen molar-refractivity contribution in [3.05, 3.63) is 60.2 Å². The number of fused-ring (bicyclic) bond motifs is 1. The number of benzene rings is 2. The Morgan fingerprint density at radius 2 is 1.57 bits per heavy atom. The lowest BCUT2D eigenvalue weighted by Gasteiger charge is -2.26. The Morgan fingerprint density at radius 1 is 0.870 bits per heavy atom. The highest BCUT2D eigenvalue weighted by Gasteiger charge is 2.29. The van der Waals surface area contributed by atoms with Crippen LogP contribution in [0.5, 0.6) is 0 Å². The summed E-state index contributed by atoms with van der Waals surface area (Å²) in [5.74, 6) is 1.16. The third-order valence-electron chi connectivity index (χ3n) is 5.06. The zero-order chi connectivity index (χ0) is 15.6. The predicted molar refractivity (Wildman–Crippen MR) is 93.2 cm³/mol. The molecule has 0 bridgehead atoms. The smallest absolute Gasteiger partial charge is 0.141 e. The molecular weight excluding hydrogens is 284 g/mol. The Labute approximate surface area is 136 Å². The van der Waals surface area contributed by atoms with Crippen LogP contribution in [0.25, 0.3) is 22.3 Å². The molecule has 1 aromatic heterocycles. The van der Waals surface area contributed by atoms with Crippen molar-refractivity contribution >= 4 is 11.0 Å². The summed E-state index contributed by atoms with van der Waals surface area (Å²) in [6, 6.07) is 18.2. The van der Waals surface area contributed by atoms with Crippen molar-refractivity contribution < 1.29 is 9.52 Å². The van der Waals surface area contributed by atoms with E-state index in [2.05, 4.69) is 18.2 Å². The standard InChI is InChI=1S/C21H22O2/c22-20(15-9-3-1-4-10-15)19-17-13-7-8-14-18(17)23-21(19)16-11-5-2-6-12-16/h2,5-8,11-15,20,22H,1,3-4,9-10H2. The highest BCUT2D eigenvalue weighted by Crippen LogP contribution is 2.43. The van der Waals surface area contributed by atoms with Gasteiger partial charge in [-0.3, -0.25) is 0 Å². The monoisotopic (exact) mass is 306 g/mol. The van der Waals surface area contributed by atoms with E-state index in [0.717, 1.165) is 40.7 Å². The molecule has 1 atom stereocenters. The zero-order valence-electron chi connectivity index (χ0n) is 13.2. The molecule has 1 heterocycles. The largest absolute Gasteiger partial charge is 0.456 e. The summed E-state index contributed by atoms with van der Waals surface area (Å²) in [5.41, 5.74) is 2.86. The fraction of sp³-hybridized carbons (Fsp3) is 0.333. The predicted octanol–water partition coefficient (Wildman–Crippen LogP) is 5.71. The summed E-state index contributed by atoms with van der Waals surface area (Å²) < 4.78 is 6.14. The van der Waals surface area contributed by atoms with Gasteiger partial charge < -0.3 is 9.52 Å². The number of hydrogen-bond acceptors (Lipinski definition) is 2. The Hall–Kier alpha value is -2.06. The van der Waals surface area contributed by atoms with Gasteiger partial charge in [0.15, 0.2) is 0 Å². The molecule has 1 unspecified atom stereocenters. The van der Waals surface area contributed by atoms with E-state index in [-0.39, 0.29) is 0 Å². The Kier molecular flexibility index (Phi) is 3.92. The lowest BCUT2D eigenvalue weighted by Crippen LogP contribution is -2.16. The van der Waals surface area contributed by atoms with Gasteiger partial charge in [0.05, 0.1) is 6.10 Å². The third-order valence-corrected chi connectivity index (χ3v) is 5.06. The molecule has 118 valence electrons. The highest BCUT2D eigenvalue weighted by atomic mass is 16.3. The van der Waals surface area contributed by atoms with Crippen molar-refractivity contribution in [3.63, 3.8) is 0 Å². The molecule has 2 heteroatoms. The van der Waals surface area contributed by atoms with Crippen LogP contribution >= 0.6 is 0 Å². The maximum Gasteiger partial charge on any atom is 0.141 e. The van der Waals surface area contributed by atoms with Crippen LogP contribution in [0, 0.1) is 5.92 Å². The first kappa shape index (κ1) is 14.5. The van der Waals surface area contributed by atoms with Gasteiger partial charge in [-0.15, -0.1) is 0 Å². The second kappa shape index (κ2) is 6.21. The molecule has 0 saturated heterocycles. The van der Waals surface area contributed by atoms with Gasteiger partial charge in [-0.05, 0) is 24.8 Å². The SMILES string of the molecule is OC(c1c(-c2ccccc2)oc2ccccc12)C1CCCCC1. The fourth-order valence-corrected chi connectivity index (χ4v) is 3.85. The van der Waals surface area contributed by atoms with E-state index in [1.54, 1.807) is 0 Å². The molecule has 2 aromatic carbocycles. The van der Waals surface area contributed by atoms with E-state index in [9.17, 15) is 5.11 Å². The van der Waals surface area contributed by atoms with Crippen molar-refractivity contribution in [2.75, 3.05) is 0 Å². The van der Waals surface area contributed by atoms with E-state index in [4.69, 9.17) is 4.42 Å². The molecule has 0 spiro atoms. The molecule has 0 aliphatic heterocycles. The molecule has 1 N–H and O–H groups in total. The second-order valence-corrected chi connectivity index (χ2v) is 6.55. The van der Waals surface area contributed by atoms with Crippen molar-refractivity contribution in [2.24, 2.45) is 5.92 Å². The van der Waals surface area contributed by atoms with Crippen molar-refractivity contribution in [1.29, 1.82) is 0 Å². The van der Waals surface area contributed by atoms with E-state index in [1.165, 1.54) is 19.3 Å². The number of para-hydroxylation sites is 1. The minimum atomic E-state index is -0.450. The molecule has 23 heavy (non-hydrogen) atoms. The van der Waals surface area contributed by atoms with E-state index >= 15 is 0 Å². The first-order valence-corrected chi connectivity index (χ1v) is 8.59. The lowest BCUT2D eigenvalue weighted by molar-refractivity contribution is 0.0859. The average Bonchev–Trinajstić information content (AvgIpc) is 3.02. The molecule has 1 fully saturated rings. The first-order valence-electron chi connectivity index (χ1n) is 8.59. The van der Waals surface area contributed by atoms with Gasteiger partial charge in [-0.25, -0.2) is 0 Å². The number of furan rings is 1. The van der Waals surface area contributed by atoms with Crippen LogP contribution in [0.1, 0.15) is 43.8 Å². The Morgan fingerprint density at radius 3 is 2.35 bits per heavy atom. The quantitative estimate of drug-likeness (QED) is 0.672. The van der Waals surface area contributed by atoms with Crippen LogP contribution in [0.3, 0.4) is 0 Å². The third kappa shape index (κ3) is 2.68. The van der Waals surface area contributed by atoms with Crippen molar-refractivity contribution in [1.82, 2.24) is 0 Å². The molecule has 0 amide bonds. The number of hydrogen-bond donors (Lipinski definition) is 1. The first-order chi connectivity index (χ1) is 11.3. The van der Waals surface area contributed by atoms with E-state index in [1.807, 2.05) is 36.4 Å². The number of rotatable bonds is 3. The topological polar surface area (TPSA) is 33.4 Å². The summed E-state index contributed by atoms with van der Waals surface area (Å²) >= 11 is 0. The molecule has 1 aliphatic carbocycles. The minimum absolute atomic E-state index is 0.340. The van der Waals surface area contributed by atoms with Crippen molar-refractivity contribution in [2.45, 2.75) is 38.2 Å². The van der Waals surface area contributed by atoms with Gasteiger partial charge in [-0.1, -0.05) is 67.8 Å². The number of aliphatic hydroxyl groups is 1. The van der Waals surface area contributed by atoms with Gasteiger partial charge in [0.25, 0.3) is 0 Å². The zero-order valence-corrected chi connectivity index (χ0v) is 13.2. The Balaban J connectivity index is 1.85. The summed E-state index contributed by atoms with van der Waals surface area (Å²) in [6.07, 6.45) is 5.50. The van der Waals surface area contributed by atoms with Crippen LogP contribution < -0.4 is 0 Å². The molecule has 3 aromatic rings. The maximum absolute atomic E-state index is 11.1. The molecule has 1 aliphatic rings. The van der Waals surface area contributed by atoms with Gasteiger partial charge in [0, 0.05) is 16.5 Å². The molecule has 4 rings (SSSR count). The molecular formula is C21H22O2. The van der Waals surface area contributed by atoms with Gasteiger partial charge in [0.1, 0.15) is 11.3 Å². The van der Waals surface area contributed by atoms with Gasteiger partial charge >= 0.3 is 0 Å². The van der Waals surface area contributed by atoms with Gasteiger partial charge in [-0.2, -0.15) is 0 Å². The number of aliphatic hydroxyl groups excluding tert-OH is 1. The van der Waals surface area contributed by atoms with Crippen LogP contribution in [-0.2, 0) is 0 Å². The summed E-state index contributed by atoms with van der Waals surface area (Å²) in [7, 11) is 0. The fourth-order valence-electron chi connectivity index (χ4n) is 3.85. The lowest BCUT2D eigenvalue weighted by atomic mass is 9.81. The van der Waals surface area contributed by atoms with Crippen LogP contribution in [0.2, 0.25) is 0 Å². The normalized spacial score (nSPS) is 17.4. The molecule has 1 saturated carbocycles. The van der Waals surface area contributed by atoms with Crippen molar-refractivity contribution in [3.8, 4) is 11.3 Å². The highest BCUT2D eigenvalue weighted by molar-refractivity contribution is 5.88. The summed E-state index contributed by atoms with van der Waals surface area (Å²) in [4.78, 5) is 0. The Bertz CT molecular complexity index is 782. The van der Waals surface area contributed by atoms with Crippen LogP contribution in [0.15, 0.2) is 59.0 Å². The average molecular weight is 306 g/mol. The van der Waals surface area contributed by atoms with E-state index < -0.39 is 6.10 Å². The van der Waals surface area contributed by atoms with Crippen LogP contribution in [0.4, 0.5) is 0 Å². The molecule has 0 radical (unpaired) electrons. The summed E-state index contributed by atoms with van der Waals surface area (Å²) in [5, 5.41) is 12.2. The second-order valence-electron chi connectivity index (χ2n) is 6.55. The minimum Gasteiger partial charge on any atom is -0.456 e.